The molecule has 1 atom stereocenters. The fraction of sp³-hybridized carbons (Fsp3) is 0.190. The van der Waals surface area contributed by atoms with Gasteiger partial charge in [0.25, 0.3) is 17.7 Å². The Bertz CT molecular complexity index is 1100. The van der Waals surface area contributed by atoms with E-state index in [2.05, 4.69) is 10.6 Å². The predicted octanol–water partition coefficient (Wildman–Crippen LogP) is 1.67. The summed E-state index contributed by atoms with van der Waals surface area (Å²) in [7, 11) is 0. The average molecular weight is 426 g/mol. The smallest absolute Gasteiger partial charge is 0.258 e. The molecule has 0 bridgehead atoms. The van der Waals surface area contributed by atoms with E-state index in [1.807, 2.05) is 0 Å². The van der Waals surface area contributed by atoms with Crippen LogP contribution in [0.1, 0.15) is 49.5 Å². The Kier molecular flexibility index (Phi) is 5.09. The zero-order valence-electron chi connectivity index (χ0n) is 15.6. The van der Waals surface area contributed by atoms with Crippen LogP contribution >= 0.6 is 11.6 Å². The topological polar surface area (TPSA) is 113 Å². The number of hydrogen-bond acceptors (Lipinski definition) is 5. The number of carbonyl (C=O) groups excluding carboxylic acids is 5. The average Bonchev–Trinajstić information content (AvgIpc) is 3.04. The normalized spacial score (nSPS) is 18.1. The maximum atomic E-state index is 12.8. The van der Waals surface area contributed by atoms with Gasteiger partial charge in [-0.1, -0.05) is 17.7 Å². The van der Waals surface area contributed by atoms with Crippen LogP contribution in [0.3, 0.4) is 0 Å². The lowest BCUT2D eigenvalue weighted by atomic mass is 10.0. The minimum absolute atomic E-state index is 0.148. The van der Waals surface area contributed by atoms with Crippen molar-refractivity contribution in [3.05, 3.63) is 69.7 Å². The van der Waals surface area contributed by atoms with Gasteiger partial charge in [-0.15, -0.1) is 0 Å². The molecule has 2 heterocycles. The number of amides is 5. The van der Waals surface area contributed by atoms with E-state index >= 15 is 0 Å². The monoisotopic (exact) mass is 425 g/mol. The van der Waals surface area contributed by atoms with Crippen LogP contribution in [0.4, 0.5) is 0 Å². The molecule has 1 fully saturated rings. The van der Waals surface area contributed by atoms with Crippen molar-refractivity contribution in [3.8, 4) is 0 Å². The molecule has 30 heavy (non-hydrogen) atoms. The van der Waals surface area contributed by atoms with Gasteiger partial charge in [-0.25, -0.2) is 0 Å². The molecule has 8 nitrogen and oxygen atoms in total. The van der Waals surface area contributed by atoms with Gasteiger partial charge >= 0.3 is 0 Å². The van der Waals surface area contributed by atoms with Crippen molar-refractivity contribution in [2.75, 3.05) is 0 Å². The van der Waals surface area contributed by atoms with E-state index in [9.17, 15) is 24.0 Å². The molecule has 0 aromatic heterocycles. The number of hydrogen-bond donors (Lipinski definition) is 2. The van der Waals surface area contributed by atoms with E-state index in [-0.39, 0.29) is 36.4 Å². The third kappa shape index (κ3) is 3.69. The number of fused-ring (bicyclic) bond motifs is 1. The van der Waals surface area contributed by atoms with E-state index in [0.29, 0.717) is 16.1 Å². The van der Waals surface area contributed by atoms with Crippen molar-refractivity contribution in [1.82, 2.24) is 15.5 Å². The van der Waals surface area contributed by atoms with Gasteiger partial charge in [0.1, 0.15) is 6.04 Å². The molecule has 0 radical (unpaired) electrons. The van der Waals surface area contributed by atoms with Gasteiger partial charge in [-0.2, -0.15) is 0 Å². The van der Waals surface area contributed by atoms with E-state index in [1.54, 1.807) is 18.2 Å². The predicted molar refractivity (Wildman–Crippen MR) is 106 cm³/mol. The fourth-order valence-electron chi connectivity index (χ4n) is 3.54. The Hall–Kier alpha value is -3.52. The second kappa shape index (κ2) is 7.72. The molecular formula is C21H16ClN3O5. The summed E-state index contributed by atoms with van der Waals surface area (Å²) < 4.78 is 0. The molecule has 2 aliphatic rings. The van der Waals surface area contributed by atoms with Gasteiger partial charge in [-0.05, 0) is 48.4 Å². The van der Waals surface area contributed by atoms with Crippen molar-refractivity contribution >= 4 is 41.1 Å². The Morgan fingerprint density at radius 1 is 1.00 bits per heavy atom. The number of benzene rings is 2. The number of halogens is 1. The number of carbonyl (C=O) groups is 5. The van der Waals surface area contributed by atoms with Crippen LogP contribution in [0.2, 0.25) is 5.02 Å². The van der Waals surface area contributed by atoms with Crippen LogP contribution in [-0.2, 0) is 16.1 Å². The van der Waals surface area contributed by atoms with E-state index in [4.69, 9.17) is 11.6 Å². The maximum Gasteiger partial charge on any atom is 0.258 e. The second-order valence-corrected chi connectivity index (χ2v) is 7.50. The Labute approximate surface area is 176 Å². The summed E-state index contributed by atoms with van der Waals surface area (Å²) in [6.07, 6.45) is 0.421. The minimum atomic E-state index is -0.730. The van der Waals surface area contributed by atoms with Crippen LogP contribution in [0, 0.1) is 0 Å². The summed E-state index contributed by atoms with van der Waals surface area (Å²) in [5.74, 6) is -2.49. The first-order valence-corrected chi connectivity index (χ1v) is 9.60. The Morgan fingerprint density at radius 2 is 1.67 bits per heavy atom. The number of rotatable bonds is 3. The third-order valence-corrected chi connectivity index (χ3v) is 5.38. The molecule has 9 heteroatoms. The lowest BCUT2D eigenvalue weighted by molar-refractivity contribution is -0.136. The molecular weight excluding hydrogens is 410 g/mol. The largest absolute Gasteiger partial charge is 0.322 e. The highest BCUT2D eigenvalue weighted by Gasteiger charge is 2.39. The quantitative estimate of drug-likeness (QED) is 0.726. The highest BCUT2D eigenvalue weighted by Crippen LogP contribution is 2.28. The van der Waals surface area contributed by atoms with E-state index in [0.717, 1.165) is 0 Å². The number of imide groups is 2. The Morgan fingerprint density at radius 3 is 2.37 bits per heavy atom. The summed E-state index contributed by atoms with van der Waals surface area (Å²) in [6.45, 7) is 0.214. The van der Waals surface area contributed by atoms with Crippen LogP contribution in [-0.4, -0.2) is 40.5 Å². The van der Waals surface area contributed by atoms with Gasteiger partial charge < -0.3 is 4.90 Å². The van der Waals surface area contributed by atoms with Crippen LogP contribution < -0.4 is 10.6 Å². The van der Waals surface area contributed by atoms with Crippen molar-refractivity contribution in [2.45, 2.75) is 25.4 Å². The first-order chi connectivity index (χ1) is 14.3. The standard InChI is InChI=1S/C21H16ClN3O5/c22-14-5-3-11(4-6-14)18(27)24-19(28)12-1-2-13-10-25(21(30)15(13)9-12)16-7-8-17(26)23-20(16)29/h1-6,9,16H,7-8,10H2,(H,23,26,29)(H,24,27,28). The van der Waals surface area contributed by atoms with Crippen LogP contribution in [0.5, 0.6) is 0 Å². The molecule has 0 spiro atoms. The first kappa shape index (κ1) is 19.8. The molecule has 0 aliphatic carbocycles. The summed E-state index contributed by atoms with van der Waals surface area (Å²) >= 11 is 5.79. The van der Waals surface area contributed by atoms with Crippen molar-refractivity contribution in [1.29, 1.82) is 0 Å². The van der Waals surface area contributed by atoms with Gasteiger partial charge in [0.05, 0.1) is 0 Å². The zero-order valence-corrected chi connectivity index (χ0v) is 16.4. The molecule has 1 unspecified atom stereocenters. The summed E-state index contributed by atoms with van der Waals surface area (Å²) in [6, 6.07) is 9.90. The van der Waals surface area contributed by atoms with E-state index in [1.165, 1.54) is 29.2 Å². The lowest BCUT2D eigenvalue weighted by Crippen LogP contribution is -2.52. The third-order valence-electron chi connectivity index (χ3n) is 5.12. The molecule has 5 amide bonds. The van der Waals surface area contributed by atoms with Crippen LogP contribution in [0.15, 0.2) is 42.5 Å². The summed E-state index contributed by atoms with van der Waals surface area (Å²) in [4.78, 5) is 62.4. The molecule has 4 rings (SSSR count). The number of nitrogens with zero attached hydrogens (tertiary/aromatic N) is 1. The van der Waals surface area contributed by atoms with Gasteiger partial charge in [0.2, 0.25) is 11.8 Å². The second-order valence-electron chi connectivity index (χ2n) is 7.06. The summed E-state index contributed by atoms with van der Waals surface area (Å²) in [5.41, 5.74) is 1.39. The van der Waals surface area contributed by atoms with Gasteiger partial charge in [0.15, 0.2) is 0 Å². The molecule has 1 saturated heterocycles. The summed E-state index contributed by atoms with van der Waals surface area (Å²) in [5, 5.41) is 4.99. The SMILES string of the molecule is O=C1CCC(N2Cc3ccc(C(=O)NC(=O)c4ccc(Cl)cc4)cc3C2=O)C(=O)N1. The van der Waals surface area contributed by atoms with Gasteiger partial charge in [-0.3, -0.25) is 34.6 Å². The number of piperidine rings is 1. The highest BCUT2D eigenvalue weighted by atomic mass is 35.5. The van der Waals surface area contributed by atoms with Gasteiger partial charge in [0, 0.05) is 34.7 Å². The van der Waals surface area contributed by atoms with Crippen molar-refractivity contribution in [3.63, 3.8) is 0 Å². The zero-order chi connectivity index (χ0) is 21.4. The minimum Gasteiger partial charge on any atom is -0.322 e. The molecule has 2 aliphatic heterocycles. The Balaban J connectivity index is 1.49. The molecule has 2 aromatic rings. The molecule has 2 aromatic carbocycles. The maximum absolute atomic E-state index is 12.8. The number of nitrogens with one attached hydrogen (secondary N) is 2. The highest BCUT2D eigenvalue weighted by molar-refractivity contribution is 6.30. The fourth-order valence-corrected chi connectivity index (χ4v) is 3.67. The lowest BCUT2D eigenvalue weighted by Gasteiger charge is -2.29. The molecule has 152 valence electrons. The molecule has 0 saturated carbocycles. The van der Waals surface area contributed by atoms with Crippen molar-refractivity contribution in [2.24, 2.45) is 0 Å². The van der Waals surface area contributed by atoms with Crippen LogP contribution in [0.25, 0.3) is 0 Å². The first-order valence-electron chi connectivity index (χ1n) is 9.22. The molecule has 2 N–H and O–H groups in total. The van der Waals surface area contributed by atoms with E-state index < -0.39 is 29.7 Å². The van der Waals surface area contributed by atoms with Crippen molar-refractivity contribution < 1.29 is 24.0 Å².